The Morgan fingerprint density at radius 2 is 0.494 bits per heavy atom. The molecule has 458 valence electrons. The van der Waals surface area contributed by atoms with Crippen molar-refractivity contribution in [1.29, 1.82) is 0 Å². The number of rotatable bonds is 63. The summed E-state index contributed by atoms with van der Waals surface area (Å²) in [6.45, 7) is 6.53. The van der Waals surface area contributed by atoms with Gasteiger partial charge in [-0.15, -0.1) is 0 Å². The highest BCUT2D eigenvalue weighted by atomic mass is 16.6. The van der Waals surface area contributed by atoms with Crippen molar-refractivity contribution < 1.29 is 28.6 Å². The zero-order chi connectivity index (χ0) is 57.1. The molecular weight excluding hydrogens is 973 g/mol. The molecule has 0 bridgehead atoms. The highest BCUT2D eigenvalue weighted by molar-refractivity contribution is 5.71. The molecule has 0 saturated heterocycles. The first-order valence-corrected chi connectivity index (χ1v) is 34.4. The summed E-state index contributed by atoms with van der Waals surface area (Å²) in [6, 6.07) is 0. The lowest BCUT2D eigenvalue weighted by Crippen LogP contribution is -2.30. The summed E-state index contributed by atoms with van der Waals surface area (Å²) in [5.74, 6) is -0.914. The molecule has 0 rings (SSSR count). The lowest BCUT2D eigenvalue weighted by Gasteiger charge is -2.18. The van der Waals surface area contributed by atoms with Gasteiger partial charge in [-0.3, -0.25) is 14.4 Å². The third-order valence-corrected chi connectivity index (χ3v) is 15.2. The molecule has 0 fully saturated rings. The van der Waals surface area contributed by atoms with E-state index in [9.17, 15) is 14.4 Å². The van der Waals surface area contributed by atoms with Crippen molar-refractivity contribution >= 4 is 17.9 Å². The van der Waals surface area contributed by atoms with Crippen LogP contribution in [0.2, 0.25) is 0 Å². The predicted molar refractivity (Wildman–Crippen MR) is 344 cm³/mol. The fourth-order valence-electron chi connectivity index (χ4n) is 10.0. The Morgan fingerprint density at radius 3 is 0.810 bits per heavy atom. The second-order valence-electron chi connectivity index (χ2n) is 23.1. The van der Waals surface area contributed by atoms with Gasteiger partial charge in [0.15, 0.2) is 6.10 Å². The fraction of sp³-hybridized carbons (Fsp3) is 0.795. The van der Waals surface area contributed by atoms with Gasteiger partial charge in [-0.25, -0.2) is 0 Å². The van der Waals surface area contributed by atoms with Crippen LogP contribution in [0.15, 0.2) is 72.9 Å². The Hall–Kier alpha value is -3.15. The van der Waals surface area contributed by atoms with E-state index in [1.807, 2.05) is 0 Å². The van der Waals surface area contributed by atoms with Crippen molar-refractivity contribution in [1.82, 2.24) is 0 Å². The second kappa shape index (κ2) is 67.4. The van der Waals surface area contributed by atoms with E-state index in [1.165, 1.54) is 231 Å². The highest BCUT2D eigenvalue weighted by Gasteiger charge is 2.19. The highest BCUT2D eigenvalue weighted by Crippen LogP contribution is 2.17. The number of carbonyl (C=O) groups is 3. The van der Waals surface area contributed by atoms with Crippen LogP contribution in [0.1, 0.15) is 355 Å². The zero-order valence-corrected chi connectivity index (χ0v) is 52.6. The first kappa shape index (κ1) is 75.8. The Labute approximate surface area is 491 Å². The van der Waals surface area contributed by atoms with Crippen molar-refractivity contribution in [2.75, 3.05) is 13.2 Å². The Balaban J connectivity index is 4.29. The lowest BCUT2D eigenvalue weighted by atomic mass is 10.0. The smallest absolute Gasteiger partial charge is 0.306 e. The number of hydrogen-bond donors (Lipinski definition) is 0. The normalized spacial score (nSPS) is 12.5. The summed E-state index contributed by atoms with van der Waals surface area (Å²) in [4.78, 5) is 38.4. The van der Waals surface area contributed by atoms with E-state index in [4.69, 9.17) is 14.2 Å². The van der Waals surface area contributed by atoms with E-state index >= 15 is 0 Å². The van der Waals surface area contributed by atoms with Gasteiger partial charge in [-0.2, -0.15) is 0 Å². The SMILES string of the molecule is CC/C=C\C/C=C\C/C=C\C/C=C\CCCCC(=O)OCC(COC(=O)CCCCCCCCCCCCCCCCC/C=C\CCCCCCCCCC)OC(=O)CCCCCCCCCCC/C=C\CCCCCCCC. The standard InChI is InChI=1S/C73H130O6/c1-4-7-10-13-16-19-22-25-28-30-32-33-34-35-36-37-38-39-41-42-45-48-51-54-57-60-63-66-72(75)78-69-70(68-77-71(74)65-62-59-56-53-50-47-44-27-24-21-18-15-12-9-6-3)79-73(76)67-64-61-58-55-52-49-46-43-40-31-29-26-23-20-17-14-11-8-5-2/h9,12,18,21,26-27,29-30,32,44,50,53,70H,4-8,10-11,13-17,19-20,22-25,28,31,33-43,45-49,51-52,54-69H2,1-3H3/b12-9-,21-18-,29-26-,32-30-,44-27-,53-50-. The van der Waals surface area contributed by atoms with E-state index in [0.29, 0.717) is 19.3 Å². The van der Waals surface area contributed by atoms with Crippen LogP contribution >= 0.6 is 0 Å². The summed E-state index contributed by atoms with van der Waals surface area (Å²) in [5, 5.41) is 0. The van der Waals surface area contributed by atoms with Gasteiger partial charge in [-0.1, -0.05) is 299 Å². The maximum absolute atomic E-state index is 12.9. The van der Waals surface area contributed by atoms with Crippen molar-refractivity contribution in [3.05, 3.63) is 72.9 Å². The fourth-order valence-corrected chi connectivity index (χ4v) is 10.0. The van der Waals surface area contributed by atoms with E-state index in [1.54, 1.807) is 0 Å². The quantitative estimate of drug-likeness (QED) is 0.0261. The molecule has 0 aromatic carbocycles. The minimum absolute atomic E-state index is 0.0868. The molecular formula is C73H130O6. The summed E-state index contributed by atoms with van der Waals surface area (Å²) in [7, 11) is 0. The maximum atomic E-state index is 12.9. The summed E-state index contributed by atoms with van der Waals surface area (Å²) >= 11 is 0. The minimum atomic E-state index is -0.794. The van der Waals surface area contributed by atoms with Crippen LogP contribution < -0.4 is 0 Å². The molecule has 0 spiro atoms. The van der Waals surface area contributed by atoms with Gasteiger partial charge >= 0.3 is 17.9 Å². The third-order valence-electron chi connectivity index (χ3n) is 15.2. The Kier molecular flexibility index (Phi) is 64.7. The number of hydrogen-bond acceptors (Lipinski definition) is 6. The average Bonchev–Trinajstić information content (AvgIpc) is 3.45. The van der Waals surface area contributed by atoms with Gasteiger partial charge in [0.2, 0.25) is 0 Å². The van der Waals surface area contributed by atoms with Crippen molar-refractivity contribution in [3.8, 4) is 0 Å². The Bertz CT molecular complexity index is 1450. The van der Waals surface area contributed by atoms with Gasteiger partial charge in [0.25, 0.3) is 0 Å². The molecule has 0 aliphatic heterocycles. The van der Waals surface area contributed by atoms with Gasteiger partial charge in [0.1, 0.15) is 13.2 Å². The summed E-state index contributed by atoms with van der Waals surface area (Å²) in [5.41, 5.74) is 0. The first-order chi connectivity index (χ1) is 39.0. The van der Waals surface area contributed by atoms with Gasteiger partial charge in [-0.05, 0) is 109 Å². The molecule has 6 heteroatoms. The number of esters is 3. The van der Waals surface area contributed by atoms with Gasteiger partial charge in [0.05, 0.1) is 0 Å². The average molecular weight is 1100 g/mol. The molecule has 0 saturated carbocycles. The van der Waals surface area contributed by atoms with Crippen molar-refractivity contribution in [2.45, 2.75) is 361 Å². The monoisotopic (exact) mass is 1100 g/mol. The molecule has 0 heterocycles. The largest absolute Gasteiger partial charge is 0.462 e. The van der Waals surface area contributed by atoms with Crippen LogP contribution in [0.5, 0.6) is 0 Å². The second-order valence-corrected chi connectivity index (χ2v) is 23.1. The summed E-state index contributed by atoms with van der Waals surface area (Å²) < 4.78 is 16.9. The molecule has 79 heavy (non-hydrogen) atoms. The molecule has 0 aliphatic rings. The molecule has 6 nitrogen and oxygen atoms in total. The van der Waals surface area contributed by atoms with Crippen molar-refractivity contribution in [2.24, 2.45) is 0 Å². The first-order valence-electron chi connectivity index (χ1n) is 34.4. The van der Waals surface area contributed by atoms with Crippen LogP contribution in [-0.2, 0) is 28.6 Å². The molecule has 0 aliphatic carbocycles. The molecule has 1 atom stereocenters. The van der Waals surface area contributed by atoms with Crippen LogP contribution in [0.25, 0.3) is 0 Å². The zero-order valence-electron chi connectivity index (χ0n) is 52.6. The number of unbranched alkanes of at least 4 members (excludes halogenated alkanes) is 40. The van der Waals surface area contributed by atoms with Crippen molar-refractivity contribution in [3.63, 3.8) is 0 Å². The molecule has 0 aromatic heterocycles. The minimum Gasteiger partial charge on any atom is -0.462 e. The van der Waals surface area contributed by atoms with E-state index in [-0.39, 0.29) is 31.1 Å². The molecule has 0 N–H and O–H groups in total. The molecule has 0 amide bonds. The van der Waals surface area contributed by atoms with Gasteiger partial charge < -0.3 is 14.2 Å². The van der Waals surface area contributed by atoms with E-state index in [2.05, 4.69) is 93.7 Å². The number of ether oxygens (including phenoxy) is 3. The Morgan fingerprint density at radius 1 is 0.266 bits per heavy atom. The van der Waals surface area contributed by atoms with Crippen LogP contribution in [0.4, 0.5) is 0 Å². The predicted octanol–water partition coefficient (Wildman–Crippen LogP) is 23.7. The van der Waals surface area contributed by atoms with Gasteiger partial charge in [0, 0.05) is 19.3 Å². The number of carbonyl (C=O) groups excluding carboxylic acids is 3. The maximum Gasteiger partial charge on any atom is 0.306 e. The molecule has 0 aromatic rings. The van der Waals surface area contributed by atoms with Crippen LogP contribution in [-0.4, -0.2) is 37.2 Å². The van der Waals surface area contributed by atoms with E-state index in [0.717, 1.165) is 83.5 Å². The van der Waals surface area contributed by atoms with Crippen LogP contribution in [0.3, 0.4) is 0 Å². The van der Waals surface area contributed by atoms with E-state index < -0.39 is 6.10 Å². The molecule has 1 unspecified atom stereocenters. The third kappa shape index (κ3) is 65.5. The lowest BCUT2D eigenvalue weighted by molar-refractivity contribution is -0.167. The van der Waals surface area contributed by atoms with Crippen LogP contribution in [0, 0.1) is 0 Å². The number of allylic oxidation sites excluding steroid dienone is 12. The summed E-state index contributed by atoms with van der Waals surface area (Å²) in [6.07, 6.45) is 87.9. The topological polar surface area (TPSA) is 78.9 Å². The molecule has 0 radical (unpaired) electrons.